The highest BCUT2D eigenvalue weighted by atomic mass is 16.6. The van der Waals surface area contributed by atoms with Crippen LogP contribution in [0.15, 0.2) is 24.3 Å². The number of aryl methyl sites for hydroxylation is 1. The van der Waals surface area contributed by atoms with Crippen molar-refractivity contribution in [1.29, 1.82) is 0 Å². The molecule has 0 radical (unpaired) electrons. The van der Waals surface area contributed by atoms with Crippen molar-refractivity contribution in [3.05, 3.63) is 46.5 Å². The molecule has 0 saturated heterocycles. The summed E-state index contributed by atoms with van der Waals surface area (Å²) in [4.78, 5) is 26.7. The SMILES string of the molecule is COc1c([C@@H](O)CC(C)C)ccc2c1C(=O)OCc1cc(C)cc(OC(=O)C3(C)C4CCC3CC4)c1O2. The molecule has 2 aliphatic carbocycles. The number of rotatable bonds is 6. The summed E-state index contributed by atoms with van der Waals surface area (Å²) in [6, 6.07) is 7.00. The first-order valence-corrected chi connectivity index (χ1v) is 13.2. The van der Waals surface area contributed by atoms with Crippen molar-refractivity contribution in [2.45, 2.75) is 72.5 Å². The van der Waals surface area contributed by atoms with Crippen LogP contribution in [0.1, 0.15) is 86.0 Å². The highest BCUT2D eigenvalue weighted by Crippen LogP contribution is 2.58. The zero-order valence-corrected chi connectivity index (χ0v) is 22.3. The number of carbonyl (C=O) groups is 2. The number of aliphatic hydroxyl groups excluding tert-OH is 1. The van der Waals surface area contributed by atoms with E-state index in [4.69, 9.17) is 18.9 Å². The van der Waals surface area contributed by atoms with E-state index in [1.807, 2.05) is 33.8 Å². The molecule has 0 aromatic heterocycles. The van der Waals surface area contributed by atoms with Gasteiger partial charge >= 0.3 is 11.9 Å². The molecule has 2 aromatic carbocycles. The van der Waals surface area contributed by atoms with Gasteiger partial charge in [-0.05, 0) is 93.5 Å². The van der Waals surface area contributed by atoms with Crippen LogP contribution in [0.2, 0.25) is 0 Å². The fourth-order valence-corrected chi connectivity index (χ4v) is 6.52. The number of benzene rings is 2. The average molecular weight is 509 g/mol. The first-order valence-electron chi connectivity index (χ1n) is 13.2. The number of methoxy groups -OCH3 is 1. The van der Waals surface area contributed by atoms with Crippen molar-refractivity contribution in [3.8, 4) is 23.0 Å². The molecule has 7 heteroatoms. The van der Waals surface area contributed by atoms with E-state index in [1.165, 1.54) is 7.11 Å². The summed E-state index contributed by atoms with van der Waals surface area (Å²) in [6.07, 6.45) is 3.94. The lowest BCUT2D eigenvalue weighted by Crippen LogP contribution is -2.36. The zero-order valence-electron chi connectivity index (χ0n) is 22.3. The minimum absolute atomic E-state index is 0.0513. The van der Waals surface area contributed by atoms with Gasteiger partial charge in [-0.1, -0.05) is 13.8 Å². The third kappa shape index (κ3) is 4.37. The Labute approximate surface area is 218 Å². The smallest absolute Gasteiger partial charge is 0.346 e. The van der Waals surface area contributed by atoms with Crippen molar-refractivity contribution in [3.63, 3.8) is 0 Å². The van der Waals surface area contributed by atoms with Gasteiger partial charge in [0.05, 0.1) is 18.6 Å². The summed E-state index contributed by atoms with van der Waals surface area (Å²) >= 11 is 0. The zero-order chi connectivity index (χ0) is 26.5. The van der Waals surface area contributed by atoms with Crippen molar-refractivity contribution in [2.75, 3.05) is 7.11 Å². The highest BCUT2D eigenvalue weighted by molar-refractivity contribution is 5.97. The Morgan fingerprint density at radius 3 is 2.46 bits per heavy atom. The van der Waals surface area contributed by atoms with Crippen molar-refractivity contribution in [2.24, 2.45) is 23.2 Å². The first kappa shape index (κ1) is 25.6. The van der Waals surface area contributed by atoms with E-state index >= 15 is 0 Å². The Morgan fingerprint density at radius 1 is 1.16 bits per heavy atom. The number of hydrogen-bond acceptors (Lipinski definition) is 7. The maximum atomic E-state index is 13.5. The number of fused-ring (bicyclic) bond motifs is 4. The summed E-state index contributed by atoms with van der Waals surface area (Å²) in [5.74, 6) is 1.21. The lowest BCUT2D eigenvalue weighted by molar-refractivity contribution is -0.147. The molecule has 7 nitrogen and oxygen atoms in total. The van der Waals surface area contributed by atoms with Crippen LogP contribution in [0.25, 0.3) is 0 Å². The van der Waals surface area contributed by atoms with Crippen LogP contribution in [-0.2, 0) is 16.1 Å². The molecule has 2 fully saturated rings. The molecular weight excluding hydrogens is 472 g/mol. The largest absolute Gasteiger partial charge is 0.495 e. The van der Waals surface area contributed by atoms with Gasteiger partial charge in [-0.3, -0.25) is 4.79 Å². The van der Waals surface area contributed by atoms with E-state index in [9.17, 15) is 14.7 Å². The molecule has 1 atom stereocenters. The third-order valence-electron chi connectivity index (χ3n) is 8.52. The van der Waals surface area contributed by atoms with Crippen LogP contribution >= 0.6 is 0 Å². The summed E-state index contributed by atoms with van der Waals surface area (Å²) in [7, 11) is 1.45. The van der Waals surface area contributed by atoms with Crippen LogP contribution in [0.5, 0.6) is 23.0 Å². The fraction of sp³-hybridized carbons (Fsp3) is 0.533. The van der Waals surface area contributed by atoms with Crippen molar-refractivity contribution >= 4 is 11.9 Å². The van der Waals surface area contributed by atoms with Crippen molar-refractivity contribution < 1.29 is 33.6 Å². The highest BCUT2D eigenvalue weighted by Gasteiger charge is 2.57. The maximum Gasteiger partial charge on any atom is 0.346 e. The number of hydrogen-bond donors (Lipinski definition) is 1. The monoisotopic (exact) mass is 508 g/mol. The molecule has 5 rings (SSSR count). The second-order valence-electron chi connectivity index (χ2n) is 11.4. The van der Waals surface area contributed by atoms with Gasteiger partial charge in [0.15, 0.2) is 11.5 Å². The van der Waals surface area contributed by atoms with Crippen molar-refractivity contribution in [1.82, 2.24) is 0 Å². The molecule has 0 unspecified atom stereocenters. The average Bonchev–Trinajstić information content (AvgIpc) is 3.35. The predicted octanol–water partition coefficient (Wildman–Crippen LogP) is 6.28. The van der Waals surface area contributed by atoms with Gasteiger partial charge in [0.1, 0.15) is 23.7 Å². The van der Waals surface area contributed by atoms with Gasteiger partial charge in [0, 0.05) is 11.1 Å². The number of aliphatic hydroxyl groups is 1. The Morgan fingerprint density at radius 2 is 1.84 bits per heavy atom. The molecule has 1 heterocycles. The molecule has 37 heavy (non-hydrogen) atoms. The van der Waals surface area contributed by atoms with Crippen LogP contribution in [0, 0.1) is 30.1 Å². The Hall–Kier alpha value is -3.06. The molecule has 2 saturated carbocycles. The Bertz CT molecular complexity index is 1210. The second kappa shape index (κ2) is 9.67. The number of esters is 2. The van der Waals surface area contributed by atoms with Crippen LogP contribution in [0.4, 0.5) is 0 Å². The van der Waals surface area contributed by atoms with Crippen LogP contribution in [-0.4, -0.2) is 24.2 Å². The predicted molar refractivity (Wildman–Crippen MR) is 137 cm³/mol. The lowest BCUT2D eigenvalue weighted by Gasteiger charge is -2.28. The fourth-order valence-electron chi connectivity index (χ4n) is 6.52. The second-order valence-corrected chi connectivity index (χ2v) is 11.4. The van der Waals surface area contributed by atoms with Crippen LogP contribution < -0.4 is 14.2 Å². The molecule has 3 aliphatic rings. The standard InChI is InChI=1S/C30H36O7/c1-16(2)12-22(31)21-10-11-23-25(27(21)34-5)28(32)35-15-18-13-17(3)14-24(26(18)36-23)37-29(33)30(4)19-6-7-20(30)9-8-19/h10-11,13-14,16,19-20,22,31H,6-9,12,15H2,1-5H3/t19?,20?,22-,30?/m0/s1. The molecule has 2 bridgehead atoms. The van der Waals surface area contributed by atoms with E-state index in [0.29, 0.717) is 40.9 Å². The van der Waals surface area contributed by atoms with E-state index in [-0.39, 0.29) is 35.6 Å². The molecule has 0 amide bonds. The van der Waals surface area contributed by atoms with Gasteiger partial charge in [-0.15, -0.1) is 0 Å². The minimum atomic E-state index is -0.813. The van der Waals surface area contributed by atoms with Gasteiger partial charge in [0.25, 0.3) is 0 Å². The first-order chi connectivity index (χ1) is 17.6. The van der Waals surface area contributed by atoms with Gasteiger partial charge in [-0.2, -0.15) is 0 Å². The summed E-state index contributed by atoms with van der Waals surface area (Å²) in [5.41, 5.74) is 1.59. The quantitative estimate of drug-likeness (QED) is 0.363. The molecule has 0 spiro atoms. The number of ether oxygens (including phenoxy) is 4. The molecule has 2 aromatic rings. The molecule has 1 aliphatic heterocycles. The number of carbonyl (C=O) groups excluding carboxylic acids is 2. The minimum Gasteiger partial charge on any atom is -0.495 e. The maximum absolute atomic E-state index is 13.5. The molecular formula is C30H36O7. The normalized spacial score (nSPS) is 24.9. The third-order valence-corrected chi connectivity index (χ3v) is 8.52. The Kier molecular flexibility index (Phi) is 6.69. The van der Waals surface area contributed by atoms with Gasteiger partial charge in [0.2, 0.25) is 0 Å². The van der Waals surface area contributed by atoms with Gasteiger partial charge in [-0.25, -0.2) is 4.79 Å². The molecule has 1 N–H and O–H groups in total. The Balaban J connectivity index is 1.54. The van der Waals surface area contributed by atoms with E-state index < -0.39 is 17.5 Å². The number of cyclic esters (lactones) is 1. The summed E-state index contributed by atoms with van der Waals surface area (Å²) in [5, 5.41) is 10.8. The lowest BCUT2D eigenvalue weighted by atomic mass is 9.80. The van der Waals surface area contributed by atoms with E-state index in [0.717, 1.165) is 31.2 Å². The van der Waals surface area contributed by atoms with E-state index in [1.54, 1.807) is 18.2 Å². The van der Waals surface area contributed by atoms with Gasteiger partial charge < -0.3 is 24.1 Å². The summed E-state index contributed by atoms with van der Waals surface area (Å²) in [6.45, 7) is 7.92. The molecule has 198 valence electrons. The van der Waals surface area contributed by atoms with E-state index in [2.05, 4.69) is 0 Å². The topological polar surface area (TPSA) is 91.3 Å². The summed E-state index contributed by atoms with van der Waals surface area (Å²) < 4.78 is 23.7. The van der Waals surface area contributed by atoms with Crippen LogP contribution in [0.3, 0.4) is 0 Å².